The van der Waals surface area contributed by atoms with E-state index in [0.717, 1.165) is 28.1 Å². The van der Waals surface area contributed by atoms with Gasteiger partial charge in [0.2, 0.25) is 0 Å². The highest BCUT2D eigenvalue weighted by Crippen LogP contribution is 2.26. The van der Waals surface area contributed by atoms with Crippen molar-refractivity contribution in [1.82, 2.24) is 0 Å². The van der Waals surface area contributed by atoms with Crippen LogP contribution < -0.4 is 10.4 Å². The third-order valence-corrected chi connectivity index (χ3v) is 3.64. The number of hydrogen-bond donors (Lipinski definition) is 1. The fourth-order valence-corrected chi connectivity index (χ4v) is 2.43. The third kappa shape index (κ3) is 4.28. The highest BCUT2D eigenvalue weighted by atomic mass is 16.6. The first kappa shape index (κ1) is 17.9. The minimum atomic E-state index is -0.569. The van der Waals surface area contributed by atoms with Gasteiger partial charge < -0.3 is 4.74 Å². The molecular formula is C20H26N2O2. The number of nitrogens with one attached hydrogen (secondary N) is 1. The van der Waals surface area contributed by atoms with E-state index in [0.29, 0.717) is 0 Å². The molecule has 24 heavy (non-hydrogen) atoms. The van der Waals surface area contributed by atoms with Crippen molar-refractivity contribution in [3.05, 3.63) is 59.2 Å². The summed E-state index contributed by atoms with van der Waals surface area (Å²) in [4.78, 5) is 12.8. The average molecular weight is 326 g/mol. The molecule has 0 atom stereocenters. The number of aryl methyl sites for hydroxylation is 3. The summed E-state index contributed by atoms with van der Waals surface area (Å²) in [6, 6.07) is 13.8. The molecule has 0 heterocycles. The normalized spacial score (nSPS) is 11.1. The van der Waals surface area contributed by atoms with E-state index in [1.807, 2.05) is 84.0 Å². The van der Waals surface area contributed by atoms with Crippen molar-refractivity contribution in [3.8, 4) is 0 Å². The second-order valence-electron chi connectivity index (χ2n) is 6.98. The summed E-state index contributed by atoms with van der Waals surface area (Å²) < 4.78 is 5.59. The Balaban J connectivity index is 2.44. The lowest BCUT2D eigenvalue weighted by atomic mass is 10.1. The number of hydrazine groups is 1. The Hall–Kier alpha value is -2.49. The molecule has 0 unspecified atom stereocenters. The number of benzene rings is 2. The molecule has 1 N–H and O–H groups in total. The molecule has 128 valence electrons. The van der Waals surface area contributed by atoms with Crippen LogP contribution in [0, 0.1) is 20.8 Å². The van der Waals surface area contributed by atoms with E-state index in [2.05, 4.69) is 5.43 Å². The van der Waals surface area contributed by atoms with Gasteiger partial charge in [-0.05, 0) is 64.3 Å². The van der Waals surface area contributed by atoms with Gasteiger partial charge in [0, 0.05) is 0 Å². The fraction of sp³-hybridized carbons (Fsp3) is 0.350. The van der Waals surface area contributed by atoms with Crippen molar-refractivity contribution >= 4 is 17.5 Å². The van der Waals surface area contributed by atoms with Gasteiger partial charge in [-0.3, -0.25) is 5.43 Å². The number of ether oxygens (including phenoxy) is 1. The topological polar surface area (TPSA) is 41.6 Å². The number of carbonyl (C=O) groups excluding carboxylic acids is 1. The summed E-state index contributed by atoms with van der Waals surface area (Å²) in [5.74, 6) is 0. The summed E-state index contributed by atoms with van der Waals surface area (Å²) in [5, 5.41) is 1.48. The second kappa shape index (κ2) is 6.95. The molecule has 2 aromatic carbocycles. The smallest absolute Gasteiger partial charge is 0.433 e. The van der Waals surface area contributed by atoms with Crippen LogP contribution in [0.4, 0.5) is 16.2 Å². The van der Waals surface area contributed by atoms with Crippen molar-refractivity contribution in [3.63, 3.8) is 0 Å². The molecule has 4 heteroatoms. The standard InChI is InChI=1S/C20H26N2O2/c1-14-10-7-8-13-17(14)22(19(23)24-20(4,5)6)21-18-15(2)11-9-12-16(18)3/h7-13,21H,1-6H3. The molecule has 2 aromatic rings. The van der Waals surface area contributed by atoms with Crippen molar-refractivity contribution in [2.75, 3.05) is 10.4 Å². The number of rotatable bonds is 3. The van der Waals surface area contributed by atoms with Crippen LogP contribution in [0.3, 0.4) is 0 Å². The van der Waals surface area contributed by atoms with Gasteiger partial charge in [-0.1, -0.05) is 36.4 Å². The van der Waals surface area contributed by atoms with Gasteiger partial charge in [0.05, 0.1) is 11.4 Å². The van der Waals surface area contributed by atoms with E-state index in [9.17, 15) is 4.79 Å². The summed E-state index contributed by atoms with van der Waals surface area (Å²) in [7, 11) is 0. The Bertz CT molecular complexity index is 712. The molecule has 0 aliphatic carbocycles. The first-order chi connectivity index (χ1) is 11.2. The van der Waals surface area contributed by atoms with Gasteiger partial charge in [-0.2, -0.15) is 5.01 Å². The number of hydrogen-bond acceptors (Lipinski definition) is 3. The highest BCUT2D eigenvalue weighted by Gasteiger charge is 2.25. The first-order valence-corrected chi connectivity index (χ1v) is 8.10. The maximum atomic E-state index is 12.8. The molecular weight excluding hydrogens is 300 g/mol. The Labute approximate surface area is 144 Å². The van der Waals surface area contributed by atoms with Crippen LogP contribution in [0.15, 0.2) is 42.5 Å². The quantitative estimate of drug-likeness (QED) is 0.770. The summed E-state index contributed by atoms with van der Waals surface area (Å²) in [5.41, 5.74) is 7.49. The Morgan fingerprint density at radius 2 is 1.46 bits per heavy atom. The minimum absolute atomic E-state index is 0.431. The number of nitrogens with zero attached hydrogens (tertiary/aromatic N) is 1. The van der Waals surface area contributed by atoms with Crippen LogP contribution in [-0.4, -0.2) is 11.7 Å². The molecule has 2 rings (SSSR count). The van der Waals surface area contributed by atoms with Crippen molar-refractivity contribution in [2.24, 2.45) is 0 Å². The van der Waals surface area contributed by atoms with E-state index in [1.165, 1.54) is 5.01 Å². The highest BCUT2D eigenvalue weighted by molar-refractivity contribution is 5.91. The van der Waals surface area contributed by atoms with Crippen molar-refractivity contribution < 1.29 is 9.53 Å². The van der Waals surface area contributed by atoms with Crippen LogP contribution in [-0.2, 0) is 4.74 Å². The van der Waals surface area contributed by atoms with Crippen LogP contribution in [0.2, 0.25) is 0 Å². The van der Waals surface area contributed by atoms with Gasteiger partial charge in [0.1, 0.15) is 5.60 Å². The maximum absolute atomic E-state index is 12.8. The van der Waals surface area contributed by atoms with Crippen molar-refractivity contribution in [1.29, 1.82) is 0 Å². The molecule has 0 saturated heterocycles. The molecule has 0 aliphatic rings. The number of amides is 1. The average Bonchev–Trinajstić information content (AvgIpc) is 2.46. The zero-order valence-corrected chi connectivity index (χ0v) is 15.3. The van der Waals surface area contributed by atoms with E-state index in [-0.39, 0.29) is 0 Å². The van der Waals surface area contributed by atoms with E-state index < -0.39 is 11.7 Å². The lowest BCUT2D eigenvalue weighted by molar-refractivity contribution is 0.0589. The van der Waals surface area contributed by atoms with Gasteiger partial charge in [0.25, 0.3) is 0 Å². The SMILES string of the molecule is Cc1ccccc1N(Nc1c(C)cccc1C)C(=O)OC(C)(C)C. The van der Waals surface area contributed by atoms with Crippen LogP contribution >= 0.6 is 0 Å². The van der Waals surface area contributed by atoms with Gasteiger partial charge in [-0.25, -0.2) is 4.79 Å². The molecule has 0 saturated carbocycles. The van der Waals surface area contributed by atoms with E-state index in [4.69, 9.17) is 4.74 Å². The fourth-order valence-electron chi connectivity index (χ4n) is 2.43. The lowest BCUT2D eigenvalue weighted by Crippen LogP contribution is -2.41. The predicted molar refractivity (Wildman–Crippen MR) is 99.4 cm³/mol. The van der Waals surface area contributed by atoms with E-state index >= 15 is 0 Å². The number of carbonyl (C=O) groups is 1. The molecule has 0 fully saturated rings. The third-order valence-electron chi connectivity index (χ3n) is 3.64. The van der Waals surface area contributed by atoms with Crippen LogP contribution in [0.25, 0.3) is 0 Å². The molecule has 0 radical (unpaired) electrons. The Morgan fingerprint density at radius 3 is 2.00 bits per heavy atom. The van der Waals surface area contributed by atoms with Gasteiger partial charge in [-0.15, -0.1) is 0 Å². The number of anilines is 2. The summed E-state index contributed by atoms with van der Waals surface area (Å²) >= 11 is 0. The Morgan fingerprint density at radius 1 is 0.917 bits per heavy atom. The van der Waals surface area contributed by atoms with Crippen molar-refractivity contribution in [2.45, 2.75) is 47.1 Å². The van der Waals surface area contributed by atoms with Crippen LogP contribution in [0.5, 0.6) is 0 Å². The molecule has 0 bridgehead atoms. The summed E-state index contributed by atoms with van der Waals surface area (Å²) in [6.07, 6.45) is -0.431. The van der Waals surface area contributed by atoms with Gasteiger partial charge in [0.15, 0.2) is 0 Å². The first-order valence-electron chi connectivity index (χ1n) is 8.10. The molecule has 0 aliphatic heterocycles. The van der Waals surface area contributed by atoms with E-state index in [1.54, 1.807) is 0 Å². The molecule has 0 spiro atoms. The lowest BCUT2D eigenvalue weighted by Gasteiger charge is -2.30. The minimum Gasteiger partial charge on any atom is -0.442 e. The maximum Gasteiger partial charge on any atom is 0.433 e. The van der Waals surface area contributed by atoms with Crippen LogP contribution in [0.1, 0.15) is 37.5 Å². The second-order valence-corrected chi connectivity index (χ2v) is 6.98. The summed E-state index contributed by atoms with van der Waals surface area (Å²) in [6.45, 7) is 11.6. The molecule has 0 aromatic heterocycles. The number of para-hydroxylation sites is 2. The monoisotopic (exact) mass is 326 g/mol. The Kier molecular flexibility index (Phi) is 5.17. The largest absolute Gasteiger partial charge is 0.442 e. The van der Waals surface area contributed by atoms with Gasteiger partial charge >= 0.3 is 6.09 Å². The molecule has 4 nitrogen and oxygen atoms in total. The predicted octanol–water partition coefficient (Wildman–Crippen LogP) is 5.38. The molecule has 1 amide bonds. The zero-order valence-electron chi connectivity index (χ0n) is 15.3. The zero-order chi connectivity index (χ0) is 17.9.